The second-order valence-electron chi connectivity index (χ2n) is 4.98. The molecule has 0 saturated heterocycles. The van der Waals surface area contributed by atoms with Crippen LogP contribution in [-0.4, -0.2) is 74.4 Å². The third-order valence-electron chi connectivity index (χ3n) is 2.34. The van der Waals surface area contributed by atoms with Crippen LogP contribution in [-0.2, 0) is 0 Å². The molecule has 1 saturated carbocycles. The summed E-state index contributed by atoms with van der Waals surface area (Å²) in [6.07, 6.45) is 2.64. The molecule has 1 aliphatic carbocycles. The summed E-state index contributed by atoms with van der Waals surface area (Å²) in [7, 11) is 11.6. The Balaban J connectivity index is 2.94. The second-order valence-corrected chi connectivity index (χ2v) is 4.98. The summed E-state index contributed by atoms with van der Waals surface area (Å²) in [6.45, 7) is 0. The van der Waals surface area contributed by atoms with E-state index in [-0.39, 0.29) is 0 Å². The van der Waals surface area contributed by atoms with E-state index in [0.717, 1.165) is 30.7 Å². The number of hydrazone groups is 3. The van der Waals surface area contributed by atoms with Gasteiger partial charge in [0.15, 0.2) is 0 Å². The molecule has 0 amide bonds. The van der Waals surface area contributed by atoms with E-state index in [0.29, 0.717) is 0 Å². The maximum Gasteiger partial charge on any atom is 0.0894 e. The normalized spacial score (nSPS) is 22.7. The molecule has 0 N–H and O–H groups in total. The van der Waals surface area contributed by atoms with Crippen LogP contribution in [0, 0.1) is 0 Å². The molecule has 1 fully saturated rings. The van der Waals surface area contributed by atoms with Gasteiger partial charge in [-0.1, -0.05) is 0 Å². The summed E-state index contributed by atoms with van der Waals surface area (Å²) in [5.41, 5.74) is 3.24. The highest BCUT2D eigenvalue weighted by molar-refractivity contribution is 6.47. The van der Waals surface area contributed by atoms with E-state index in [1.165, 1.54) is 5.71 Å². The Kier molecular flexibility index (Phi) is 5.12. The summed E-state index contributed by atoms with van der Waals surface area (Å²) >= 11 is 0. The van der Waals surface area contributed by atoms with E-state index in [1.54, 1.807) is 0 Å². The largest absolute Gasteiger partial charge is 0.303 e. The van der Waals surface area contributed by atoms with E-state index >= 15 is 0 Å². The van der Waals surface area contributed by atoms with Gasteiger partial charge >= 0.3 is 0 Å². The minimum absolute atomic E-state index is 0.781. The predicted molar refractivity (Wildman–Crippen MR) is 77.2 cm³/mol. The molecule has 102 valence electrons. The van der Waals surface area contributed by atoms with Crippen molar-refractivity contribution in [1.82, 2.24) is 15.0 Å². The zero-order valence-electron chi connectivity index (χ0n) is 12.3. The van der Waals surface area contributed by atoms with Crippen molar-refractivity contribution >= 4 is 17.1 Å². The van der Waals surface area contributed by atoms with Crippen LogP contribution in [0.15, 0.2) is 15.3 Å². The van der Waals surface area contributed by atoms with Crippen molar-refractivity contribution in [2.75, 3.05) is 42.3 Å². The Hall–Kier alpha value is -1.59. The summed E-state index contributed by atoms with van der Waals surface area (Å²) in [4.78, 5) is 0. The van der Waals surface area contributed by atoms with Gasteiger partial charge in [-0.15, -0.1) is 0 Å². The molecule has 0 heterocycles. The third-order valence-corrected chi connectivity index (χ3v) is 2.34. The Morgan fingerprint density at radius 2 is 1.17 bits per heavy atom. The maximum absolute atomic E-state index is 4.52. The van der Waals surface area contributed by atoms with Gasteiger partial charge in [-0.05, 0) is 12.8 Å². The predicted octanol–water partition coefficient (Wildman–Crippen LogP) is 0.923. The van der Waals surface area contributed by atoms with Crippen LogP contribution in [0.3, 0.4) is 0 Å². The van der Waals surface area contributed by atoms with Crippen LogP contribution >= 0.6 is 0 Å². The molecule has 6 heteroatoms. The average Bonchev–Trinajstić information content (AvgIpc) is 2.19. The van der Waals surface area contributed by atoms with Gasteiger partial charge in [0, 0.05) is 54.4 Å². The third kappa shape index (κ3) is 4.73. The number of hydrogen-bond donors (Lipinski definition) is 0. The van der Waals surface area contributed by atoms with Crippen molar-refractivity contribution in [3.05, 3.63) is 0 Å². The quantitative estimate of drug-likeness (QED) is 0.702. The Labute approximate surface area is 110 Å². The molecule has 0 aliphatic heterocycles. The minimum atomic E-state index is 0.781. The van der Waals surface area contributed by atoms with E-state index in [2.05, 4.69) is 15.3 Å². The molecular weight excluding hydrogens is 228 g/mol. The van der Waals surface area contributed by atoms with E-state index in [4.69, 9.17) is 0 Å². The molecule has 0 atom stereocenters. The molecule has 0 spiro atoms. The molecular formula is C12H24N6. The number of hydrogen-bond acceptors (Lipinski definition) is 6. The first-order chi connectivity index (χ1) is 8.38. The standard InChI is InChI=1S/C12H24N6/c1-16(2)13-10-7-8-11(14-17(3)4)12(9-10)15-18(5)6/h7-9H2,1-6H3. The highest BCUT2D eigenvalue weighted by atomic mass is 15.4. The van der Waals surface area contributed by atoms with Crippen molar-refractivity contribution in [2.24, 2.45) is 15.3 Å². The van der Waals surface area contributed by atoms with Crippen LogP contribution in [0.4, 0.5) is 0 Å². The smallest absolute Gasteiger partial charge is 0.0894 e. The molecule has 0 aromatic rings. The van der Waals surface area contributed by atoms with E-state index in [1.807, 2.05) is 57.3 Å². The average molecular weight is 252 g/mol. The molecule has 6 nitrogen and oxygen atoms in total. The summed E-state index contributed by atoms with van der Waals surface area (Å²) < 4.78 is 0. The SMILES string of the molecule is CN(C)N=C1CCC(=NN(C)C)C(=NN(C)C)C1. The minimum Gasteiger partial charge on any atom is -0.303 e. The van der Waals surface area contributed by atoms with Crippen molar-refractivity contribution < 1.29 is 0 Å². The molecule has 0 aromatic heterocycles. The van der Waals surface area contributed by atoms with Crippen molar-refractivity contribution in [3.63, 3.8) is 0 Å². The van der Waals surface area contributed by atoms with Crippen LogP contribution in [0.5, 0.6) is 0 Å². The Morgan fingerprint density at radius 3 is 1.67 bits per heavy atom. The first-order valence-corrected chi connectivity index (χ1v) is 6.12. The molecule has 0 radical (unpaired) electrons. The summed E-state index contributed by atoms with van der Waals surface area (Å²) in [6, 6.07) is 0. The van der Waals surface area contributed by atoms with E-state index in [9.17, 15) is 0 Å². The molecule has 1 aliphatic rings. The van der Waals surface area contributed by atoms with Crippen LogP contribution in [0.1, 0.15) is 19.3 Å². The highest BCUT2D eigenvalue weighted by Crippen LogP contribution is 2.13. The molecule has 18 heavy (non-hydrogen) atoms. The van der Waals surface area contributed by atoms with Gasteiger partial charge in [0.1, 0.15) is 0 Å². The molecule has 0 aromatic carbocycles. The summed E-state index contributed by atoms with van der Waals surface area (Å²) in [5.74, 6) is 0. The van der Waals surface area contributed by atoms with Crippen molar-refractivity contribution in [1.29, 1.82) is 0 Å². The Morgan fingerprint density at radius 1 is 0.667 bits per heavy atom. The lowest BCUT2D eigenvalue weighted by molar-refractivity contribution is 0.428. The second kappa shape index (κ2) is 6.37. The van der Waals surface area contributed by atoms with E-state index < -0.39 is 0 Å². The molecule has 0 bridgehead atoms. The van der Waals surface area contributed by atoms with Crippen molar-refractivity contribution in [2.45, 2.75) is 19.3 Å². The lowest BCUT2D eigenvalue weighted by Gasteiger charge is -2.21. The van der Waals surface area contributed by atoms with Gasteiger partial charge < -0.3 is 15.0 Å². The number of rotatable bonds is 3. The zero-order valence-corrected chi connectivity index (χ0v) is 12.3. The maximum atomic E-state index is 4.52. The van der Waals surface area contributed by atoms with Gasteiger partial charge in [-0.2, -0.15) is 15.3 Å². The first kappa shape index (κ1) is 14.5. The van der Waals surface area contributed by atoms with Crippen LogP contribution in [0.25, 0.3) is 0 Å². The van der Waals surface area contributed by atoms with Gasteiger partial charge in [-0.25, -0.2) is 0 Å². The zero-order chi connectivity index (χ0) is 13.7. The molecule has 1 rings (SSSR count). The summed E-state index contributed by atoms with van der Waals surface area (Å²) in [5, 5.41) is 19.0. The van der Waals surface area contributed by atoms with Gasteiger partial charge in [-0.3, -0.25) is 0 Å². The highest BCUT2D eigenvalue weighted by Gasteiger charge is 2.21. The fraction of sp³-hybridized carbons (Fsp3) is 0.750. The monoisotopic (exact) mass is 252 g/mol. The fourth-order valence-corrected chi connectivity index (χ4v) is 1.84. The first-order valence-electron chi connectivity index (χ1n) is 6.12. The fourth-order valence-electron chi connectivity index (χ4n) is 1.84. The van der Waals surface area contributed by atoms with Crippen molar-refractivity contribution in [3.8, 4) is 0 Å². The molecule has 0 unspecified atom stereocenters. The number of nitrogens with zero attached hydrogens (tertiary/aromatic N) is 6. The van der Waals surface area contributed by atoms with Gasteiger partial charge in [0.2, 0.25) is 0 Å². The topological polar surface area (TPSA) is 46.8 Å². The van der Waals surface area contributed by atoms with Crippen LogP contribution in [0.2, 0.25) is 0 Å². The van der Waals surface area contributed by atoms with Gasteiger partial charge in [0.25, 0.3) is 0 Å². The lowest BCUT2D eigenvalue weighted by atomic mass is 9.94. The van der Waals surface area contributed by atoms with Gasteiger partial charge in [0.05, 0.1) is 11.4 Å². The Bertz CT molecular complexity index is 365. The lowest BCUT2D eigenvalue weighted by Crippen LogP contribution is -2.30. The van der Waals surface area contributed by atoms with Crippen LogP contribution < -0.4 is 0 Å².